The zero-order valence-corrected chi connectivity index (χ0v) is 6.59. The Bertz CT molecular complexity index is 79.8. The first-order valence-electron chi connectivity index (χ1n) is 3.00. The molecule has 62 valence electrons. The van der Waals surface area contributed by atoms with Gasteiger partial charge in [-0.3, -0.25) is 0 Å². The van der Waals surface area contributed by atoms with E-state index in [9.17, 15) is 5.11 Å². The number of hydrogen-bond acceptors (Lipinski definition) is 4. The van der Waals surface area contributed by atoms with E-state index in [-0.39, 0.29) is 0 Å². The molecule has 0 rings (SSSR count). The molecular weight excluding hydrogens is 136 g/mol. The molecule has 0 aliphatic rings. The Labute approximate surface area is 60.7 Å². The third-order valence-corrected chi connectivity index (χ3v) is 1.26. The van der Waals surface area contributed by atoms with E-state index >= 15 is 0 Å². The summed E-state index contributed by atoms with van der Waals surface area (Å²) >= 11 is 0. The molecule has 0 atom stereocenters. The maximum atomic E-state index is 9.24. The fourth-order valence-electron chi connectivity index (χ4n) is 0.518. The summed E-state index contributed by atoms with van der Waals surface area (Å²) in [6.45, 7) is 0.401. The van der Waals surface area contributed by atoms with Crippen LogP contribution in [0.15, 0.2) is 0 Å². The van der Waals surface area contributed by atoms with Gasteiger partial charge >= 0.3 is 0 Å². The minimum absolute atomic E-state index is 0.302. The molecule has 0 saturated carbocycles. The van der Waals surface area contributed by atoms with Gasteiger partial charge in [-0.2, -0.15) is 0 Å². The van der Waals surface area contributed by atoms with Crippen molar-refractivity contribution in [2.24, 2.45) is 0 Å². The van der Waals surface area contributed by atoms with Crippen LogP contribution in [-0.2, 0) is 14.2 Å². The van der Waals surface area contributed by atoms with Crippen molar-refractivity contribution in [1.29, 1.82) is 0 Å². The average molecular weight is 150 g/mol. The van der Waals surface area contributed by atoms with Crippen molar-refractivity contribution >= 4 is 0 Å². The Balaban J connectivity index is 3.58. The normalized spacial score (nSPS) is 12.0. The molecule has 0 bridgehead atoms. The van der Waals surface area contributed by atoms with Gasteiger partial charge in [0.15, 0.2) is 0 Å². The van der Waals surface area contributed by atoms with Crippen LogP contribution in [0, 0.1) is 0 Å². The quantitative estimate of drug-likeness (QED) is 0.559. The van der Waals surface area contributed by atoms with Gasteiger partial charge in [-0.15, -0.1) is 0 Å². The average Bonchev–Trinajstić information content (AvgIpc) is 2.00. The molecule has 1 N–H and O–H groups in total. The van der Waals surface area contributed by atoms with Crippen LogP contribution in [0.3, 0.4) is 0 Å². The van der Waals surface area contributed by atoms with E-state index in [4.69, 9.17) is 4.74 Å². The van der Waals surface area contributed by atoms with Crippen molar-refractivity contribution in [3.05, 3.63) is 0 Å². The third kappa shape index (κ3) is 3.12. The van der Waals surface area contributed by atoms with Crippen molar-refractivity contribution in [3.63, 3.8) is 0 Å². The highest BCUT2D eigenvalue weighted by atomic mass is 16.8. The standard InChI is InChI=1S/C6H14O4/c1-8-5-4-6(7,9-2)10-3/h7H,4-5H2,1-3H3. The predicted molar refractivity (Wildman–Crippen MR) is 35.5 cm³/mol. The van der Waals surface area contributed by atoms with Crippen molar-refractivity contribution in [2.45, 2.75) is 12.4 Å². The van der Waals surface area contributed by atoms with Gasteiger partial charge in [-0.25, -0.2) is 0 Å². The van der Waals surface area contributed by atoms with Gasteiger partial charge in [0.05, 0.1) is 13.0 Å². The number of methoxy groups -OCH3 is 3. The Hall–Kier alpha value is -0.160. The molecule has 0 saturated heterocycles. The zero-order chi connectivity index (χ0) is 8.04. The predicted octanol–water partition coefficient (Wildman–Crippen LogP) is -0.0382. The van der Waals surface area contributed by atoms with Crippen LogP contribution >= 0.6 is 0 Å². The van der Waals surface area contributed by atoms with E-state index in [0.29, 0.717) is 13.0 Å². The lowest BCUT2D eigenvalue weighted by Gasteiger charge is -2.23. The summed E-state index contributed by atoms with van der Waals surface area (Å²) in [5, 5.41) is 9.24. The highest BCUT2D eigenvalue weighted by Crippen LogP contribution is 2.10. The van der Waals surface area contributed by atoms with Crippen LogP contribution in [0.25, 0.3) is 0 Å². The second-order valence-corrected chi connectivity index (χ2v) is 1.86. The van der Waals surface area contributed by atoms with Gasteiger partial charge in [0.25, 0.3) is 5.97 Å². The fraction of sp³-hybridized carbons (Fsp3) is 1.00. The smallest absolute Gasteiger partial charge is 0.282 e. The molecule has 0 aromatic heterocycles. The molecule has 0 aromatic rings. The highest BCUT2D eigenvalue weighted by molar-refractivity contribution is 4.50. The number of hydrogen-bond donors (Lipinski definition) is 1. The van der Waals surface area contributed by atoms with Crippen LogP contribution in [0.4, 0.5) is 0 Å². The SMILES string of the molecule is COCCC(O)(OC)OC. The lowest BCUT2D eigenvalue weighted by Crippen LogP contribution is -2.34. The van der Waals surface area contributed by atoms with Gasteiger partial charge in [0, 0.05) is 21.3 Å². The van der Waals surface area contributed by atoms with Gasteiger partial charge in [-0.1, -0.05) is 0 Å². The molecule has 4 nitrogen and oxygen atoms in total. The minimum Gasteiger partial charge on any atom is -0.384 e. The van der Waals surface area contributed by atoms with Crippen LogP contribution in [0.5, 0.6) is 0 Å². The van der Waals surface area contributed by atoms with Crippen molar-refractivity contribution in [2.75, 3.05) is 27.9 Å². The lowest BCUT2D eigenvalue weighted by molar-refractivity contribution is -0.345. The molecule has 0 amide bonds. The van der Waals surface area contributed by atoms with Crippen molar-refractivity contribution < 1.29 is 19.3 Å². The molecule has 0 heterocycles. The van der Waals surface area contributed by atoms with Gasteiger partial charge in [0.2, 0.25) is 0 Å². The summed E-state index contributed by atoms with van der Waals surface area (Å²) in [4.78, 5) is 0. The molecule has 0 aromatic carbocycles. The van der Waals surface area contributed by atoms with E-state index in [1.165, 1.54) is 14.2 Å². The summed E-state index contributed by atoms with van der Waals surface area (Å²) in [7, 11) is 4.30. The maximum Gasteiger partial charge on any atom is 0.282 e. The van der Waals surface area contributed by atoms with E-state index in [2.05, 4.69) is 9.47 Å². The summed E-state index contributed by atoms with van der Waals surface area (Å²) in [6.07, 6.45) is 0.302. The first-order chi connectivity index (χ1) is 4.68. The van der Waals surface area contributed by atoms with Gasteiger partial charge in [0.1, 0.15) is 0 Å². The zero-order valence-electron chi connectivity index (χ0n) is 6.59. The summed E-state index contributed by atoms with van der Waals surface area (Å²) in [5.74, 6) is -1.49. The van der Waals surface area contributed by atoms with Crippen molar-refractivity contribution in [3.8, 4) is 0 Å². The first kappa shape index (κ1) is 9.84. The van der Waals surface area contributed by atoms with E-state index in [1.807, 2.05) is 0 Å². The molecule has 0 aliphatic carbocycles. The van der Waals surface area contributed by atoms with Crippen LogP contribution in [0.1, 0.15) is 6.42 Å². The molecule has 0 spiro atoms. The van der Waals surface area contributed by atoms with E-state index < -0.39 is 5.97 Å². The molecule has 0 unspecified atom stereocenters. The van der Waals surface area contributed by atoms with Gasteiger partial charge < -0.3 is 19.3 Å². The van der Waals surface area contributed by atoms with Crippen LogP contribution < -0.4 is 0 Å². The van der Waals surface area contributed by atoms with E-state index in [1.54, 1.807) is 7.11 Å². The molecule has 0 fully saturated rings. The highest BCUT2D eigenvalue weighted by Gasteiger charge is 2.24. The van der Waals surface area contributed by atoms with Crippen LogP contribution in [0.2, 0.25) is 0 Å². The lowest BCUT2D eigenvalue weighted by atomic mass is 10.4. The summed E-state index contributed by atoms with van der Waals surface area (Å²) in [5.41, 5.74) is 0. The molecule has 4 heteroatoms. The minimum atomic E-state index is -1.49. The molecule has 10 heavy (non-hydrogen) atoms. The largest absolute Gasteiger partial charge is 0.384 e. The monoisotopic (exact) mass is 150 g/mol. The Kier molecular flexibility index (Phi) is 4.55. The first-order valence-corrected chi connectivity index (χ1v) is 3.00. The van der Waals surface area contributed by atoms with Crippen LogP contribution in [-0.4, -0.2) is 39.0 Å². The molecular formula is C6H14O4. The van der Waals surface area contributed by atoms with Gasteiger partial charge in [-0.05, 0) is 0 Å². The Morgan fingerprint density at radius 1 is 1.20 bits per heavy atom. The second kappa shape index (κ2) is 4.62. The third-order valence-electron chi connectivity index (χ3n) is 1.26. The number of aliphatic hydroxyl groups is 1. The number of rotatable bonds is 5. The second-order valence-electron chi connectivity index (χ2n) is 1.86. The number of ether oxygens (including phenoxy) is 3. The Morgan fingerprint density at radius 2 is 1.70 bits per heavy atom. The molecule has 0 aliphatic heterocycles. The Morgan fingerprint density at radius 3 is 2.00 bits per heavy atom. The maximum absolute atomic E-state index is 9.24. The molecule has 0 radical (unpaired) electrons. The fourth-order valence-corrected chi connectivity index (χ4v) is 0.518. The summed E-state index contributed by atoms with van der Waals surface area (Å²) in [6, 6.07) is 0. The van der Waals surface area contributed by atoms with E-state index in [0.717, 1.165) is 0 Å². The topological polar surface area (TPSA) is 47.9 Å². The van der Waals surface area contributed by atoms with Crippen molar-refractivity contribution in [1.82, 2.24) is 0 Å². The summed E-state index contributed by atoms with van der Waals surface area (Å²) < 4.78 is 14.0.